The van der Waals surface area contributed by atoms with E-state index in [2.05, 4.69) is 11.0 Å². The van der Waals surface area contributed by atoms with E-state index in [9.17, 15) is 9.59 Å². The van der Waals surface area contributed by atoms with Gasteiger partial charge in [0.2, 0.25) is 11.8 Å². The second-order valence-electron chi connectivity index (χ2n) is 9.11. The number of anilines is 1. The summed E-state index contributed by atoms with van der Waals surface area (Å²) in [7, 11) is 0. The summed E-state index contributed by atoms with van der Waals surface area (Å²) in [5.41, 5.74) is 2.10. The van der Waals surface area contributed by atoms with Crippen molar-refractivity contribution in [3.63, 3.8) is 0 Å². The van der Waals surface area contributed by atoms with Crippen LogP contribution in [-0.2, 0) is 16.1 Å². The van der Waals surface area contributed by atoms with Crippen molar-refractivity contribution in [3.05, 3.63) is 29.8 Å². The zero-order valence-electron chi connectivity index (χ0n) is 19.1. The molecule has 0 bridgehead atoms. The molecule has 1 fully saturated rings. The van der Waals surface area contributed by atoms with Gasteiger partial charge in [0.15, 0.2) is 0 Å². The summed E-state index contributed by atoms with van der Waals surface area (Å²) in [6, 6.07) is 8.14. The Hall–Kier alpha value is -1.92. The van der Waals surface area contributed by atoms with E-state index in [0.717, 1.165) is 76.0 Å². The van der Waals surface area contributed by atoms with Crippen molar-refractivity contribution < 1.29 is 14.7 Å². The highest BCUT2D eigenvalue weighted by molar-refractivity contribution is 5.92. The number of likely N-dealkylation sites (tertiary alicyclic amines) is 1. The van der Waals surface area contributed by atoms with Crippen LogP contribution in [-0.4, -0.2) is 66.1 Å². The van der Waals surface area contributed by atoms with Crippen molar-refractivity contribution in [1.82, 2.24) is 9.80 Å². The predicted molar refractivity (Wildman–Crippen MR) is 124 cm³/mol. The van der Waals surface area contributed by atoms with Crippen molar-refractivity contribution in [2.75, 3.05) is 44.2 Å². The molecular weight excluding hydrogens is 390 g/mol. The topological polar surface area (TPSA) is 64.1 Å². The van der Waals surface area contributed by atoms with E-state index >= 15 is 0 Å². The SMILES string of the molecule is CC(=O)N1CCCCCCCN(CC(=O)N2CCC(CCO)CC2)Cc2ccccc21. The maximum atomic E-state index is 13.1. The zero-order chi connectivity index (χ0) is 22.1. The van der Waals surface area contributed by atoms with Gasteiger partial charge in [-0.2, -0.15) is 0 Å². The number of amides is 2. The van der Waals surface area contributed by atoms with Crippen LogP contribution in [0.3, 0.4) is 0 Å². The first-order valence-electron chi connectivity index (χ1n) is 12.1. The molecule has 2 heterocycles. The molecular formula is C25H39N3O3. The van der Waals surface area contributed by atoms with Crippen LogP contribution in [0.2, 0.25) is 0 Å². The molecule has 1 saturated heterocycles. The van der Waals surface area contributed by atoms with E-state index in [-0.39, 0.29) is 18.4 Å². The Kier molecular flexibility index (Phi) is 9.34. The molecule has 1 aromatic rings. The molecule has 0 aromatic heterocycles. The quantitative estimate of drug-likeness (QED) is 0.797. The monoisotopic (exact) mass is 429 g/mol. The number of hydrogen-bond donors (Lipinski definition) is 1. The third kappa shape index (κ3) is 7.04. The lowest BCUT2D eigenvalue weighted by Crippen LogP contribution is -2.44. The van der Waals surface area contributed by atoms with Gasteiger partial charge in [-0.15, -0.1) is 0 Å². The molecule has 0 radical (unpaired) electrons. The average Bonchev–Trinajstić information content (AvgIpc) is 2.75. The molecule has 0 atom stereocenters. The third-order valence-electron chi connectivity index (χ3n) is 6.78. The first-order valence-corrected chi connectivity index (χ1v) is 12.1. The van der Waals surface area contributed by atoms with Crippen LogP contribution < -0.4 is 4.90 Å². The van der Waals surface area contributed by atoms with E-state index in [1.807, 2.05) is 28.0 Å². The Bertz CT molecular complexity index is 716. The van der Waals surface area contributed by atoms with Gasteiger partial charge in [-0.1, -0.05) is 37.5 Å². The molecule has 6 nitrogen and oxygen atoms in total. The van der Waals surface area contributed by atoms with Crippen LogP contribution >= 0.6 is 0 Å². The molecule has 0 saturated carbocycles. The van der Waals surface area contributed by atoms with Crippen molar-refractivity contribution in [2.45, 2.75) is 64.8 Å². The number of piperidine rings is 1. The lowest BCUT2D eigenvalue weighted by molar-refractivity contribution is -0.134. The molecule has 6 heteroatoms. The molecule has 31 heavy (non-hydrogen) atoms. The number of para-hydroxylation sites is 1. The minimum absolute atomic E-state index is 0.0814. The largest absolute Gasteiger partial charge is 0.396 e. The molecule has 172 valence electrons. The molecule has 2 amide bonds. The van der Waals surface area contributed by atoms with Crippen molar-refractivity contribution >= 4 is 17.5 Å². The molecule has 1 aromatic carbocycles. The normalized spacial score (nSPS) is 19.9. The van der Waals surface area contributed by atoms with E-state index < -0.39 is 0 Å². The van der Waals surface area contributed by atoms with Gasteiger partial charge in [0.25, 0.3) is 0 Å². The van der Waals surface area contributed by atoms with Gasteiger partial charge in [-0.05, 0) is 56.2 Å². The summed E-state index contributed by atoms with van der Waals surface area (Å²) in [5.74, 6) is 0.827. The van der Waals surface area contributed by atoms with Gasteiger partial charge in [-0.25, -0.2) is 0 Å². The summed E-state index contributed by atoms with van der Waals surface area (Å²) >= 11 is 0. The molecule has 1 N–H and O–H groups in total. The predicted octanol–water partition coefficient (Wildman–Crippen LogP) is 3.43. The first-order chi connectivity index (χ1) is 15.1. The maximum Gasteiger partial charge on any atom is 0.236 e. The van der Waals surface area contributed by atoms with Crippen LogP contribution in [0.4, 0.5) is 5.69 Å². The molecule has 0 spiro atoms. The van der Waals surface area contributed by atoms with E-state index in [4.69, 9.17) is 5.11 Å². The fraction of sp³-hybridized carbons (Fsp3) is 0.680. The van der Waals surface area contributed by atoms with Gasteiger partial charge in [0.05, 0.1) is 6.54 Å². The fourth-order valence-electron chi connectivity index (χ4n) is 4.89. The number of benzene rings is 1. The minimum atomic E-state index is 0.0814. The summed E-state index contributed by atoms with van der Waals surface area (Å²) in [5, 5.41) is 9.16. The number of carbonyl (C=O) groups excluding carboxylic acids is 2. The molecule has 2 aliphatic rings. The van der Waals surface area contributed by atoms with Crippen LogP contribution in [0.1, 0.15) is 63.9 Å². The number of rotatable bonds is 4. The van der Waals surface area contributed by atoms with E-state index in [1.54, 1.807) is 6.92 Å². The minimum Gasteiger partial charge on any atom is -0.396 e. The first kappa shape index (κ1) is 23.7. The highest BCUT2D eigenvalue weighted by Crippen LogP contribution is 2.25. The molecule has 3 rings (SSSR count). The number of hydrogen-bond acceptors (Lipinski definition) is 4. The summed E-state index contributed by atoms with van der Waals surface area (Å²) in [4.78, 5) is 31.6. The van der Waals surface area contributed by atoms with Gasteiger partial charge in [0, 0.05) is 45.4 Å². The average molecular weight is 430 g/mol. The molecule has 2 aliphatic heterocycles. The van der Waals surface area contributed by atoms with Crippen LogP contribution in [0.15, 0.2) is 24.3 Å². The Labute approximate surface area is 187 Å². The van der Waals surface area contributed by atoms with Crippen LogP contribution in [0, 0.1) is 5.92 Å². The summed E-state index contributed by atoms with van der Waals surface area (Å²) < 4.78 is 0. The van der Waals surface area contributed by atoms with E-state index in [1.165, 1.54) is 12.8 Å². The van der Waals surface area contributed by atoms with Gasteiger partial charge in [-0.3, -0.25) is 14.5 Å². The summed E-state index contributed by atoms with van der Waals surface area (Å²) in [6.45, 7) is 6.26. The Morgan fingerprint density at radius 2 is 1.65 bits per heavy atom. The Balaban J connectivity index is 1.70. The zero-order valence-corrected chi connectivity index (χ0v) is 19.1. The molecule has 0 aliphatic carbocycles. The van der Waals surface area contributed by atoms with Gasteiger partial charge < -0.3 is 14.9 Å². The van der Waals surface area contributed by atoms with Crippen molar-refractivity contribution in [3.8, 4) is 0 Å². The standard InChI is InChI=1S/C25H39N3O3/c1-21(30)28-15-8-4-2-3-7-14-26(19-23-9-5-6-10-24(23)28)20-25(31)27-16-11-22(12-17-27)13-18-29/h5-6,9-10,22,29H,2-4,7-8,11-20H2,1H3. The maximum absolute atomic E-state index is 13.1. The number of fused-ring (bicyclic) bond motifs is 1. The lowest BCUT2D eigenvalue weighted by atomic mass is 9.94. The van der Waals surface area contributed by atoms with Crippen molar-refractivity contribution in [2.24, 2.45) is 5.92 Å². The van der Waals surface area contributed by atoms with E-state index in [0.29, 0.717) is 19.0 Å². The smallest absolute Gasteiger partial charge is 0.236 e. The van der Waals surface area contributed by atoms with Gasteiger partial charge >= 0.3 is 0 Å². The fourth-order valence-corrected chi connectivity index (χ4v) is 4.89. The van der Waals surface area contributed by atoms with Crippen molar-refractivity contribution in [1.29, 1.82) is 0 Å². The number of nitrogens with zero attached hydrogens (tertiary/aromatic N) is 3. The summed E-state index contributed by atoms with van der Waals surface area (Å²) in [6.07, 6.45) is 8.43. The van der Waals surface area contributed by atoms with Crippen LogP contribution in [0.25, 0.3) is 0 Å². The highest BCUT2D eigenvalue weighted by atomic mass is 16.3. The highest BCUT2D eigenvalue weighted by Gasteiger charge is 2.25. The Morgan fingerprint density at radius 1 is 0.968 bits per heavy atom. The lowest BCUT2D eigenvalue weighted by Gasteiger charge is -2.34. The number of aliphatic hydroxyl groups is 1. The molecule has 0 unspecified atom stereocenters. The number of aliphatic hydroxyl groups excluding tert-OH is 1. The number of carbonyl (C=O) groups is 2. The van der Waals surface area contributed by atoms with Gasteiger partial charge in [0.1, 0.15) is 0 Å². The second kappa shape index (κ2) is 12.2. The Morgan fingerprint density at radius 3 is 2.35 bits per heavy atom. The second-order valence-corrected chi connectivity index (χ2v) is 9.11. The third-order valence-corrected chi connectivity index (χ3v) is 6.78. The van der Waals surface area contributed by atoms with Crippen LogP contribution in [0.5, 0.6) is 0 Å².